The fourth-order valence-corrected chi connectivity index (χ4v) is 3.52. The van der Waals surface area contributed by atoms with Crippen LogP contribution in [0.25, 0.3) is 0 Å². The molecule has 4 rings (SSSR count). The Bertz CT molecular complexity index is 961. The van der Waals surface area contributed by atoms with Gasteiger partial charge in [0.05, 0.1) is 13.7 Å². The number of methoxy groups -OCH3 is 1. The first-order chi connectivity index (χ1) is 13.6. The van der Waals surface area contributed by atoms with Crippen LogP contribution in [0.2, 0.25) is 0 Å². The standard InChI is InChI=1S/C19H19N5O4/c1-28-18-14(20-6-7-21-18)9-22-12-2-3-13-11(8-12)10-24(19(13)27)15-4-5-16(25)23-17(15)26/h2-3,6-8,15,22H,4-5,9-10H2,1H3,(H,23,25,26). The van der Waals surface area contributed by atoms with Gasteiger partial charge in [0.2, 0.25) is 17.7 Å². The van der Waals surface area contributed by atoms with Gasteiger partial charge < -0.3 is 15.0 Å². The average molecular weight is 381 g/mol. The molecule has 1 atom stereocenters. The summed E-state index contributed by atoms with van der Waals surface area (Å²) in [4.78, 5) is 46.1. The normalized spacial score (nSPS) is 18.7. The van der Waals surface area contributed by atoms with Crippen LogP contribution in [0.4, 0.5) is 5.69 Å². The van der Waals surface area contributed by atoms with Crippen LogP contribution in [0.1, 0.15) is 34.5 Å². The molecule has 9 heteroatoms. The van der Waals surface area contributed by atoms with Gasteiger partial charge in [-0.05, 0) is 30.2 Å². The van der Waals surface area contributed by atoms with Gasteiger partial charge in [-0.15, -0.1) is 0 Å². The third-order valence-electron chi connectivity index (χ3n) is 4.91. The molecule has 1 aromatic carbocycles. The van der Waals surface area contributed by atoms with Gasteiger partial charge in [-0.25, -0.2) is 4.98 Å². The van der Waals surface area contributed by atoms with E-state index in [1.807, 2.05) is 12.1 Å². The van der Waals surface area contributed by atoms with Gasteiger partial charge in [0.1, 0.15) is 11.7 Å². The molecule has 2 N–H and O–H groups in total. The molecule has 2 aliphatic heterocycles. The van der Waals surface area contributed by atoms with E-state index in [4.69, 9.17) is 4.74 Å². The number of anilines is 1. The van der Waals surface area contributed by atoms with E-state index in [-0.39, 0.29) is 18.2 Å². The minimum absolute atomic E-state index is 0.188. The molecule has 0 bridgehead atoms. The predicted octanol–water partition coefficient (Wildman–Crippen LogP) is 0.858. The van der Waals surface area contributed by atoms with Crippen LogP contribution in [0.3, 0.4) is 0 Å². The topological polar surface area (TPSA) is 114 Å². The van der Waals surface area contributed by atoms with Crippen LogP contribution in [0.15, 0.2) is 30.6 Å². The van der Waals surface area contributed by atoms with Gasteiger partial charge in [-0.3, -0.25) is 24.7 Å². The van der Waals surface area contributed by atoms with Crippen LogP contribution in [-0.2, 0) is 22.7 Å². The fourth-order valence-electron chi connectivity index (χ4n) is 3.52. The first-order valence-corrected chi connectivity index (χ1v) is 8.92. The summed E-state index contributed by atoms with van der Waals surface area (Å²) in [6.07, 6.45) is 3.75. The molecule has 1 aromatic heterocycles. The van der Waals surface area contributed by atoms with Crippen LogP contribution in [-0.4, -0.2) is 45.7 Å². The molecule has 0 radical (unpaired) electrons. The number of hydrogen-bond donors (Lipinski definition) is 2. The molecule has 1 unspecified atom stereocenters. The van der Waals surface area contributed by atoms with E-state index < -0.39 is 11.9 Å². The van der Waals surface area contributed by atoms with Gasteiger partial charge >= 0.3 is 0 Å². The van der Waals surface area contributed by atoms with Crippen LogP contribution in [0.5, 0.6) is 5.88 Å². The number of rotatable bonds is 5. The molecular weight excluding hydrogens is 362 g/mol. The third-order valence-corrected chi connectivity index (χ3v) is 4.91. The quantitative estimate of drug-likeness (QED) is 0.739. The summed E-state index contributed by atoms with van der Waals surface area (Å²) >= 11 is 0. The lowest BCUT2D eigenvalue weighted by atomic mass is 10.0. The summed E-state index contributed by atoms with van der Waals surface area (Å²) in [5.74, 6) is -0.441. The zero-order valence-corrected chi connectivity index (χ0v) is 15.3. The first kappa shape index (κ1) is 17.9. The lowest BCUT2D eigenvalue weighted by Crippen LogP contribution is -2.52. The summed E-state index contributed by atoms with van der Waals surface area (Å²) in [6, 6.07) is 4.84. The Hall–Kier alpha value is -3.49. The minimum atomic E-state index is -0.613. The average Bonchev–Trinajstić information content (AvgIpc) is 3.02. The van der Waals surface area contributed by atoms with Crippen LogP contribution >= 0.6 is 0 Å². The van der Waals surface area contributed by atoms with Crippen molar-refractivity contribution in [2.24, 2.45) is 0 Å². The fraction of sp³-hybridized carbons (Fsp3) is 0.316. The molecule has 1 fully saturated rings. The van der Waals surface area contributed by atoms with E-state index in [0.29, 0.717) is 36.6 Å². The van der Waals surface area contributed by atoms with E-state index in [0.717, 1.165) is 11.3 Å². The molecule has 2 aliphatic rings. The number of aromatic nitrogens is 2. The number of imide groups is 1. The zero-order chi connectivity index (χ0) is 19.7. The summed E-state index contributed by atoms with van der Waals surface area (Å²) in [5.41, 5.74) is 2.91. The second-order valence-corrected chi connectivity index (χ2v) is 6.64. The highest BCUT2D eigenvalue weighted by atomic mass is 16.5. The molecule has 0 spiro atoms. The molecule has 144 valence electrons. The molecule has 3 amide bonds. The lowest BCUT2D eigenvalue weighted by Gasteiger charge is -2.29. The highest BCUT2D eigenvalue weighted by molar-refractivity contribution is 6.05. The van der Waals surface area contributed by atoms with Crippen molar-refractivity contribution in [3.05, 3.63) is 47.4 Å². The Labute approximate surface area is 161 Å². The van der Waals surface area contributed by atoms with Crippen molar-refractivity contribution in [2.45, 2.75) is 32.0 Å². The summed E-state index contributed by atoms with van der Waals surface area (Å²) in [5, 5.41) is 5.56. The van der Waals surface area contributed by atoms with Crippen molar-refractivity contribution in [1.29, 1.82) is 0 Å². The molecule has 3 heterocycles. The molecule has 1 saturated heterocycles. The zero-order valence-electron chi connectivity index (χ0n) is 15.3. The number of benzene rings is 1. The molecular formula is C19H19N5O4. The number of fused-ring (bicyclic) bond motifs is 1. The smallest absolute Gasteiger partial charge is 0.255 e. The number of ether oxygens (including phenoxy) is 1. The third kappa shape index (κ3) is 3.26. The molecule has 0 aliphatic carbocycles. The summed E-state index contributed by atoms with van der Waals surface area (Å²) < 4.78 is 5.19. The van der Waals surface area contributed by atoms with E-state index in [1.54, 1.807) is 18.5 Å². The van der Waals surface area contributed by atoms with Crippen molar-refractivity contribution in [3.63, 3.8) is 0 Å². The number of carbonyl (C=O) groups is 3. The number of amides is 3. The Morgan fingerprint density at radius 1 is 1.25 bits per heavy atom. The number of piperidine rings is 1. The largest absolute Gasteiger partial charge is 0.480 e. The number of nitrogens with one attached hydrogen (secondary N) is 2. The Balaban J connectivity index is 1.48. The van der Waals surface area contributed by atoms with E-state index in [9.17, 15) is 14.4 Å². The molecule has 2 aromatic rings. The maximum atomic E-state index is 12.7. The molecule has 28 heavy (non-hydrogen) atoms. The SMILES string of the molecule is COc1nccnc1CNc1ccc2c(c1)CN(C1CCC(=O)NC1=O)C2=O. The van der Waals surface area contributed by atoms with Crippen LogP contribution < -0.4 is 15.4 Å². The first-order valence-electron chi connectivity index (χ1n) is 8.92. The second kappa shape index (κ2) is 7.26. The number of hydrogen-bond acceptors (Lipinski definition) is 7. The van der Waals surface area contributed by atoms with E-state index in [2.05, 4.69) is 20.6 Å². The Kier molecular flexibility index (Phi) is 4.64. The van der Waals surface area contributed by atoms with Gasteiger partial charge in [0.15, 0.2) is 0 Å². The Morgan fingerprint density at radius 2 is 2.07 bits per heavy atom. The van der Waals surface area contributed by atoms with Crippen molar-refractivity contribution in [2.75, 3.05) is 12.4 Å². The monoisotopic (exact) mass is 381 g/mol. The number of nitrogens with zero attached hydrogens (tertiary/aromatic N) is 3. The number of carbonyl (C=O) groups excluding carboxylic acids is 3. The van der Waals surface area contributed by atoms with E-state index >= 15 is 0 Å². The van der Waals surface area contributed by atoms with Crippen molar-refractivity contribution in [3.8, 4) is 5.88 Å². The van der Waals surface area contributed by atoms with E-state index in [1.165, 1.54) is 12.0 Å². The van der Waals surface area contributed by atoms with Gasteiger partial charge in [-0.2, -0.15) is 0 Å². The van der Waals surface area contributed by atoms with Gasteiger partial charge in [0, 0.05) is 36.6 Å². The minimum Gasteiger partial charge on any atom is -0.480 e. The lowest BCUT2D eigenvalue weighted by molar-refractivity contribution is -0.136. The summed E-state index contributed by atoms with van der Waals surface area (Å²) in [6.45, 7) is 0.755. The maximum Gasteiger partial charge on any atom is 0.255 e. The van der Waals surface area contributed by atoms with Crippen LogP contribution in [0, 0.1) is 0 Å². The van der Waals surface area contributed by atoms with Gasteiger partial charge in [0.25, 0.3) is 5.91 Å². The molecule has 9 nitrogen and oxygen atoms in total. The maximum absolute atomic E-state index is 12.7. The van der Waals surface area contributed by atoms with Crippen molar-refractivity contribution >= 4 is 23.4 Å². The van der Waals surface area contributed by atoms with Crippen molar-refractivity contribution in [1.82, 2.24) is 20.2 Å². The second-order valence-electron chi connectivity index (χ2n) is 6.64. The van der Waals surface area contributed by atoms with Crippen molar-refractivity contribution < 1.29 is 19.1 Å². The molecule has 0 saturated carbocycles. The predicted molar refractivity (Wildman–Crippen MR) is 98.4 cm³/mol. The summed E-state index contributed by atoms with van der Waals surface area (Å²) in [7, 11) is 1.54. The Morgan fingerprint density at radius 3 is 2.86 bits per heavy atom. The highest BCUT2D eigenvalue weighted by Crippen LogP contribution is 2.29. The van der Waals surface area contributed by atoms with Gasteiger partial charge in [-0.1, -0.05) is 0 Å². The highest BCUT2D eigenvalue weighted by Gasteiger charge is 2.39.